The number of nitrogens with zero attached hydrogens (tertiary/aromatic N) is 2. The van der Waals surface area contributed by atoms with E-state index in [2.05, 4.69) is 34.3 Å². The summed E-state index contributed by atoms with van der Waals surface area (Å²) in [5, 5.41) is 3.38. The Morgan fingerprint density at radius 2 is 2.12 bits per heavy atom. The largest absolute Gasteiger partial charge is 0.384 e. The lowest BCUT2D eigenvalue weighted by molar-refractivity contribution is 0.833. The van der Waals surface area contributed by atoms with Crippen molar-refractivity contribution in [3.05, 3.63) is 18.3 Å². The van der Waals surface area contributed by atoms with E-state index in [9.17, 15) is 0 Å². The molecule has 1 N–H and O–H groups in total. The summed E-state index contributed by atoms with van der Waals surface area (Å²) in [4.78, 5) is 6.86. The van der Waals surface area contributed by atoms with Crippen LogP contribution in [0.1, 0.15) is 32.6 Å². The summed E-state index contributed by atoms with van der Waals surface area (Å²) in [7, 11) is 0. The van der Waals surface area contributed by atoms with E-state index >= 15 is 0 Å². The van der Waals surface area contributed by atoms with E-state index in [1.54, 1.807) is 0 Å². The minimum atomic E-state index is 1.04. The van der Waals surface area contributed by atoms with E-state index in [-0.39, 0.29) is 0 Å². The van der Waals surface area contributed by atoms with Gasteiger partial charge in [0, 0.05) is 19.6 Å². The van der Waals surface area contributed by atoms with E-state index < -0.39 is 0 Å². The van der Waals surface area contributed by atoms with Gasteiger partial charge in [-0.25, -0.2) is 4.98 Å². The summed E-state index contributed by atoms with van der Waals surface area (Å²) in [5.74, 6) is 1.12. The van der Waals surface area contributed by atoms with Crippen LogP contribution in [0.5, 0.6) is 0 Å². The van der Waals surface area contributed by atoms with Crippen molar-refractivity contribution in [3.63, 3.8) is 0 Å². The Kier molecular flexibility index (Phi) is 4.03. The highest BCUT2D eigenvalue weighted by molar-refractivity contribution is 5.48. The molecule has 1 saturated heterocycles. The van der Waals surface area contributed by atoms with Crippen LogP contribution in [-0.4, -0.2) is 24.6 Å². The van der Waals surface area contributed by atoms with Crippen molar-refractivity contribution in [2.75, 3.05) is 29.9 Å². The number of anilines is 2. The quantitative estimate of drug-likeness (QED) is 0.772. The number of unbranched alkanes of at least 4 members (excludes halogenated alkanes) is 1. The zero-order valence-electron chi connectivity index (χ0n) is 10.1. The van der Waals surface area contributed by atoms with Crippen LogP contribution in [0.2, 0.25) is 0 Å². The molecule has 1 aliphatic rings. The number of hydrogen-bond acceptors (Lipinski definition) is 3. The molecular formula is C13H21N3. The third kappa shape index (κ3) is 2.87. The van der Waals surface area contributed by atoms with Gasteiger partial charge < -0.3 is 10.2 Å². The fraction of sp³-hybridized carbons (Fsp3) is 0.615. The maximum absolute atomic E-state index is 4.50. The minimum Gasteiger partial charge on any atom is -0.384 e. The van der Waals surface area contributed by atoms with Gasteiger partial charge in [-0.15, -0.1) is 0 Å². The molecule has 3 nitrogen and oxygen atoms in total. The van der Waals surface area contributed by atoms with Crippen LogP contribution < -0.4 is 10.2 Å². The molecule has 1 fully saturated rings. The van der Waals surface area contributed by atoms with Crippen LogP contribution in [-0.2, 0) is 0 Å². The first-order valence-corrected chi connectivity index (χ1v) is 6.35. The molecule has 2 rings (SSSR count). The third-order valence-corrected chi connectivity index (χ3v) is 3.04. The fourth-order valence-electron chi connectivity index (χ4n) is 2.03. The SMILES string of the molecule is CCCCNc1ccc(N2CCCC2)nc1. The van der Waals surface area contributed by atoms with Crippen molar-refractivity contribution in [2.24, 2.45) is 0 Å². The molecule has 0 spiro atoms. The molecule has 0 bridgehead atoms. The second-order valence-electron chi connectivity index (χ2n) is 4.38. The lowest BCUT2D eigenvalue weighted by Gasteiger charge is -2.16. The van der Waals surface area contributed by atoms with Crippen molar-refractivity contribution in [1.29, 1.82) is 0 Å². The Labute approximate surface area is 97.9 Å². The number of nitrogens with one attached hydrogen (secondary N) is 1. The number of pyridine rings is 1. The average Bonchev–Trinajstić information content (AvgIpc) is 2.84. The van der Waals surface area contributed by atoms with Crippen molar-refractivity contribution < 1.29 is 0 Å². The van der Waals surface area contributed by atoms with Gasteiger partial charge in [0.2, 0.25) is 0 Å². The molecule has 0 radical (unpaired) electrons. The summed E-state index contributed by atoms with van der Waals surface area (Å²) in [6.45, 7) is 5.57. The van der Waals surface area contributed by atoms with Gasteiger partial charge in [-0.05, 0) is 31.4 Å². The molecule has 0 saturated carbocycles. The maximum atomic E-state index is 4.50. The number of hydrogen-bond donors (Lipinski definition) is 1. The average molecular weight is 219 g/mol. The van der Waals surface area contributed by atoms with Crippen molar-refractivity contribution in [2.45, 2.75) is 32.6 Å². The van der Waals surface area contributed by atoms with Crippen molar-refractivity contribution >= 4 is 11.5 Å². The summed E-state index contributed by atoms with van der Waals surface area (Å²) in [6, 6.07) is 4.26. The Morgan fingerprint density at radius 1 is 1.31 bits per heavy atom. The standard InChI is InChI=1S/C13H21N3/c1-2-3-8-14-12-6-7-13(15-11-12)16-9-4-5-10-16/h6-7,11,14H,2-5,8-10H2,1H3. The molecule has 0 atom stereocenters. The van der Waals surface area contributed by atoms with E-state index in [0.29, 0.717) is 0 Å². The van der Waals surface area contributed by atoms with Crippen molar-refractivity contribution in [3.8, 4) is 0 Å². The van der Waals surface area contributed by atoms with Crippen LogP contribution in [0.15, 0.2) is 18.3 Å². The van der Waals surface area contributed by atoms with E-state index in [4.69, 9.17) is 0 Å². The Balaban J connectivity index is 1.88. The first-order chi connectivity index (χ1) is 7.90. The van der Waals surface area contributed by atoms with Crippen molar-refractivity contribution in [1.82, 2.24) is 4.98 Å². The monoisotopic (exact) mass is 219 g/mol. The van der Waals surface area contributed by atoms with Gasteiger partial charge in [0.05, 0.1) is 11.9 Å². The zero-order chi connectivity index (χ0) is 11.2. The highest BCUT2D eigenvalue weighted by Crippen LogP contribution is 2.18. The predicted molar refractivity (Wildman–Crippen MR) is 69.1 cm³/mol. The Morgan fingerprint density at radius 3 is 2.75 bits per heavy atom. The third-order valence-electron chi connectivity index (χ3n) is 3.04. The van der Waals surface area contributed by atoms with Crippen LogP contribution >= 0.6 is 0 Å². The molecule has 1 aromatic rings. The number of aromatic nitrogens is 1. The molecule has 0 aliphatic carbocycles. The maximum Gasteiger partial charge on any atom is 0.128 e. The van der Waals surface area contributed by atoms with Gasteiger partial charge in [-0.3, -0.25) is 0 Å². The molecule has 0 unspecified atom stereocenters. The van der Waals surface area contributed by atoms with Gasteiger partial charge in [-0.2, -0.15) is 0 Å². The highest BCUT2D eigenvalue weighted by atomic mass is 15.2. The van der Waals surface area contributed by atoms with Gasteiger partial charge in [0.25, 0.3) is 0 Å². The second-order valence-corrected chi connectivity index (χ2v) is 4.38. The van der Waals surface area contributed by atoms with Gasteiger partial charge in [-0.1, -0.05) is 13.3 Å². The zero-order valence-corrected chi connectivity index (χ0v) is 10.1. The first-order valence-electron chi connectivity index (χ1n) is 6.35. The first kappa shape index (κ1) is 11.2. The fourth-order valence-corrected chi connectivity index (χ4v) is 2.03. The van der Waals surface area contributed by atoms with Crippen LogP contribution in [0, 0.1) is 0 Å². The Hall–Kier alpha value is -1.25. The van der Waals surface area contributed by atoms with Crippen LogP contribution in [0.3, 0.4) is 0 Å². The molecule has 0 aromatic carbocycles. The van der Waals surface area contributed by atoms with Crippen LogP contribution in [0.25, 0.3) is 0 Å². The normalized spacial score (nSPS) is 15.4. The van der Waals surface area contributed by atoms with Gasteiger partial charge in [0.15, 0.2) is 0 Å². The van der Waals surface area contributed by atoms with Gasteiger partial charge >= 0.3 is 0 Å². The summed E-state index contributed by atoms with van der Waals surface area (Å²) in [6.07, 6.45) is 7.00. The lowest BCUT2D eigenvalue weighted by Crippen LogP contribution is -2.18. The Bertz CT molecular complexity index is 301. The summed E-state index contributed by atoms with van der Waals surface area (Å²) >= 11 is 0. The number of rotatable bonds is 5. The smallest absolute Gasteiger partial charge is 0.128 e. The van der Waals surface area contributed by atoms with E-state index in [1.165, 1.54) is 25.7 Å². The van der Waals surface area contributed by atoms with Crippen LogP contribution in [0.4, 0.5) is 11.5 Å². The molecule has 88 valence electrons. The molecule has 3 heteroatoms. The summed E-state index contributed by atoms with van der Waals surface area (Å²) < 4.78 is 0. The second kappa shape index (κ2) is 5.73. The molecule has 2 heterocycles. The topological polar surface area (TPSA) is 28.2 Å². The molecule has 1 aliphatic heterocycles. The predicted octanol–water partition coefficient (Wildman–Crippen LogP) is 2.89. The highest BCUT2D eigenvalue weighted by Gasteiger charge is 2.12. The van der Waals surface area contributed by atoms with Gasteiger partial charge in [0.1, 0.15) is 5.82 Å². The van der Waals surface area contributed by atoms with E-state index in [1.807, 2.05) is 6.20 Å². The molecule has 1 aromatic heterocycles. The summed E-state index contributed by atoms with van der Waals surface area (Å²) in [5.41, 5.74) is 1.14. The van der Waals surface area contributed by atoms with E-state index in [0.717, 1.165) is 31.1 Å². The molecule has 0 amide bonds. The lowest BCUT2D eigenvalue weighted by atomic mass is 10.3. The molecule has 16 heavy (non-hydrogen) atoms. The minimum absolute atomic E-state index is 1.04. The molecular weight excluding hydrogens is 198 g/mol.